The SMILES string of the molecule is O=C(NCc1ncn[nH]1)c1ccccc1C#CCO. The quantitative estimate of drug-likeness (QED) is 0.678. The van der Waals surface area contributed by atoms with Crippen molar-refractivity contribution >= 4 is 5.91 Å². The van der Waals surface area contributed by atoms with E-state index in [4.69, 9.17) is 5.11 Å². The maximum Gasteiger partial charge on any atom is 0.252 e. The molecule has 0 bridgehead atoms. The molecule has 0 aliphatic carbocycles. The summed E-state index contributed by atoms with van der Waals surface area (Å²) >= 11 is 0. The number of rotatable bonds is 3. The van der Waals surface area contributed by atoms with Crippen LogP contribution in [0.3, 0.4) is 0 Å². The Hall–Kier alpha value is -2.65. The average molecular weight is 256 g/mol. The summed E-state index contributed by atoms with van der Waals surface area (Å²) in [5, 5.41) is 17.8. The number of hydrogen-bond donors (Lipinski definition) is 3. The number of nitrogens with zero attached hydrogens (tertiary/aromatic N) is 2. The zero-order valence-corrected chi connectivity index (χ0v) is 10.1. The first-order chi connectivity index (χ1) is 9.31. The van der Waals surface area contributed by atoms with Crippen molar-refractivity contribution in [2.75, 3.05) is 6.61 Å². The van der Waals surface area contributed by atoms with Crippen LogP contribution in [0.15, 0.2) is 30.6 Å². The summed E-state index contributed by atoms with van der Waals surface area (Å²) in [5.41, 5.74) is 1.04. The van der Waals surface area contributed by atoms with Crippen molar-refractivity contribution in [3.05, 3.63) is 47.5 Å². The summed E-state index contributed by atoms with van der Waals surface area (Å²) in [6.45, 7) is 0.0224. The van der Waals surface area contributed by atoms with E-state index < -0.39 is 0 Å². The predicted octanol–water partition coefficient (Wildman–Crippen LogP) is 0.0785. The van der Waals surface area contributed by atoms with Gasteiger partial charge in [0.15, 0.2) is 0 Å². The molecule has 0 spiro atoms. The summed E-state index contributed by atoms with van der Waals surface area (Å²) in [6.07, 6.45) is 1.38. The van der Waals surface area contributed by atoms with Gasteiger partial charge in [0.2, 0.25) is 0 Å². The highest BCUT2D eigenvalue weighted by Gasteiger charge is 2.09. The topological polar surface area (TPSA) is 90.9 Å². The Morgan fingerprint density at radius 2 is 2.26 bits per heavy atom. The second kappa shape index (κ2) is 6.33. The molecule has 1 amide bonds. The number of aliphatic hydroxyl groups is 1. The molecule has 2 rings (SSSR count). The number of nitrogens with one attached hydrogen (secondary N) is 2. The number of H-pyrrole nitrogens is 1. The van der Waals surface area contributed by atoms with E-state index >= 15 is 0 Å². The summed E-state index contributed by atoms with van der Waals surface area (Å²) in [7, 11) is 0. The second-order valence-electron chi connectivity index (χ2n) is 3.62. The van der Waals surface area contributed by atoms with Gasteiger partial charge in [-0.3, -0.25) is 9.89 Å². The number of amides is 1. The Morgan fingerprint density at radius 1 is 1.42 bits per heavy atom. The molecule has 0 saturated heterocycles. The molecule has 1 aromatic heterocycles. The van der Waals surface area contributed by atoms with Crippen LogP contribution in [0.2, 0.25) is 0 Å². The first-order valence-electron chi connectivity index (χ1n) is 5.62. The molecule has 6 nitrogen and oxygen atoms in total. The average Bonchev–Trinajstić information content (AvgIpc) is 2.96. The molecule has 96 valence electrons. The zero-order valence-electron chi connectivity index (χ0n) is 10.1. The number of carbonyl (C=O) groups is 1. The largest absolute Gasteiger partial charge is 0.384 e. The van der Waals surface area contributed by atoms with Crippen molar-refractivity contribution in [2.24, 2.45) is 0 Å². The van der Waals surface area contributed by atoms with Gasteiger partial charge >= 0.3 is 0 Å². The minimum absolute atomic E-state index is 0.242. The molecule has 0 radical (unpaired) electrons. The van der Waals surface area contributed by atoms with E-state index in [-0.39, 0.29) is 19.1 Å². The molecule has 0 saturated carbocycles. The van der Waals surface area contributed by atoms with E-state index in [0.29, 0.717) is 17.0 Å². The van der Waals surface area contributed by atoms with Crippen LogP contribution in [0.4, 0.5) is 0 Å². The lowest BCUT2D eigenvalue weighted by Crippen LogP contribution is -2.24. The fourth-order valence-corrected chi connectivity index (χ4v) is 1.50. The number of aliphatic hydroxyl groups excluding tert-OH is 1. The van der Waals surface area contributed by atoms with Gasteiger partial charge in [-0.1, -0.05) is 24.0 Å². The Balaban J connectivity index is 2.10. The monoisotopic (exact) mass is 256 g/mol. The van der Waals surface area contributed by atoms with Gasteiger partial charge in [0.25, 0.3) is 5.91 Å². The maximum atomic E-state index is 12.0. The van der Waals surface area contributed by atoms with Gasteiger partial charge in [0, 0.05) is 5.56 Å². The Bertz CT molecular complexity index is 611. The maximum absolute atomic E-state index is 12.0. The number of hydrogen-bond acceptors (Lipinski definition) is 4. The molecule has 3 N–H and O–H groups in total. The van der Waals surface area contributed by atoms with Gasteiger partial charge in [-0.05, 0) is 12.1 Å². The molecule has 2 aromatic rings. The van der Waals surface area contributed by atoms with Crippen molar-refractivity contribution in [2.45, 2.75) is 6.54 Å². The van der Waals surface area contributed by atoms with Crippen molar-refractivity contribution in [1.29, 1.82) is 0 Å². The molecule has 0 aliphatic rings. The van der Waals surface area contributed by atoms with Crippen LogP contribution in [0, 0.1) is 11.8 Å². The van der Waals surface area contributed by atoms with Crippen LogP contribution in [0.25, 0.3) is 0 Å². The van der Waals surface area contributed by atoms with Gasteiger partial charge < -0.3 is 10.4 Å². The van der Waals surface area contributed by atoms with Crippen molar-refractivity contribution in [3.63, 3.8) is 0 Å². The molecule has 0 unspecified atom stereocenters. The molecule has 0 atom stereocenters. The summed E-state index contributed by atoms with van der Waals surface area (Å²) < 4.78 is 0. The van der Waals surface area contributed by atoms with E-state index in [1.165, 1.54) is 6.33 Å². The van der Waals surface area contributed by atoms with E-state index in [1.54, 1.807) is 24.3 Å². The van der Waals surface area contributed by atoms with Gasteiger partial charge in [-0.2, -0.15) is 5.10 Å². The lowest BCUT2D eigenvalue weighted by molar-refractivity contribution is 0.0949. The lowest BCUT2D eigenvalue weighted by atomic mass is 10.1. The third kappa shape index (κ3) is 3.40. The number of carbonyl (C=O) groups excluding carboxylic acids is 1. The standard InChI is InChI=1S/C13H12N4O2/c18-7-3-5-10-4-1-2-6-11(10)13(19)14-8-12-15-9-16-17-12/h1-2,4,6,9,18H,7-8H2,(H,14,19)(H,15,16,17). The molecule has 1 heterocycles. The van der Waals surface area contributed by atoms with Crippen LogP contribution in [0.1, 0.15) is 21.7 Å². The lowest BCUT2D eigenvalue weighted by Gasteiger charge is -2.05. The fourth-order valence-electron chi connectivity index (χ4n) is 1.50. The summed E-state index contributed by atoms with van der Waals surface area (Å²) in [4.78, 5) is 15.9. The summed E-state index contributed by atoms with van der Waals surface area (Å²) in [6, 6.07) is 6.95. The molecule has 19 heavy (non-hydrogen) atoms. The Labute approximate surface area is 109 Å². The third-order valence-electron chi connectivity index (χ3n) is 2.36. The van der Waals surface area contributed by atoms with Crippen molar-refractivity contribution in [3.8, 4) is 11.8 Å². The number of aromatic nitrogens is 3. The van der Waals surface area contributed by atoms with Gasteiger partial charge in [0.05, 0.1) is 12.1 Å². The molecule has 0 aliphatic heterocycles. The zero-order chi connectivity index (χ0) is 13.5. The van der Waals surface area contributed by atoms with Gasteiger partial charge in [-0.25, -0.2) is 4.98 Å². The van der Waals surface area contributed by atoms with Crippen LogP contribution in [-0.4, -0.2) is 32.8 Å². The van der Waals surface area contributed by atoms with E-state index in [1.807, 2.05) is 0 Å². The van der Waals surface area contributed by atoms with Gasteiger partial charge in [0.1, 0.15) is 18.8 Å². The number of aromatic amines is 1. The first kappa shape index (κ1) is 12.8. The molecular formula is C13H12N4O2. The van der Waals surface area contributed by atoms with Crippen molar-refractivity contribution in [1.82, 2.24) is 20.5 Å². The molecular weight excluding hydrogens is 244 g/mol. The Morgan fingerprint density at radius 3 is 3.00 bits per heavy atom. The summed E-state index contributed by atoms with van der Waals surface area (Å²) in [5.74, 6) is 5.59. The van der Waals surface area contributed by atoms with E-state index in [2.05, 4.69) is 32.3 Å². The Kier molecular flexibility index (Phi) is 4.26. The first-order valence-corrected chi connectivity index (χ1v) is 5.62. The highest BCUT2D eigenvalue weighted by atomic mass is 16.2. The van der Waals surface area contributed by atoms with Crippen LogP contribution >= 0.6 is 0 Å². The highest BCUT2D eigenvalue weighted by molar-refractivity contribution is 5.96. The van der Waals surface area contributed by atoms with E-state index in [0.717, 1.165) is 0 Å². The van der Waals surface area contributed by atoms with E-state index in [9.17, 15) is 4.79 Å². The van der Waals surface area contributed by atoms with Crippen LogP contribution < -0.4 is 5.32 Å². The fraction of sp³-hybridized carbons (Fsp3) is 0.154. The molecule has 6 heteroatoms. The van der Waals surface area contributed by atoms with Gasteiger partial charge in [-0.15, -0.1) is 0 Å². The minimum atomic E-state index is -0.251. The minimum Gasteiger partial charge on any atom is -0.384 e. The molecule has 0 fully saturated rings. The number of benzene rings is 1. The second-order valence-corrected chi connectivity index (χ2v) is 3.62. The predicted molar refractivity (Wildman–Crippen MR) is 68.0 cm³/mol. The van der Waals surface area contributed by atoms with Crippen molar-refractivity contribution < 1.29 is 9.90 Å². The van der Waals surface area contributed by atoms with Crippen LogP contribution in [0.5, 0.6) is 0 Å². The highest BCUT2D eigenvalue weighted by Crippen LogP contribution is 2.07. The normalized spacial score (nSPS) is 9.53. The van der Waals surface area contributed by atoms with Crippen LogP contribution in [-0.2, 0) is 6.54 Å². The smallest absolute Gasteiger partial charge is 0.252 e. The third-order valence-corrected chi connectivity index (χ3v) is 2.36. The molecule has 1 aromatic carbocycles.